The number of nitrogens with two attached hydrogens (primary N) is 1. The first kappa shape index (κ1) is 22.1. The molecule has 0 spiro atoms. The number of nitrogens with zero attached hydrogens (tertiary/aromatic N) is 2. The lowest BCUT2D eigenvalue weighted by Gasteiger charge is -2.34. The summed E-state index contributed by atoms with van der Waals surface area (Å²) in [5, 5.41) is 0. The highest BCUT2D eigenvalue weighted by molar-refractivity contribution is 7.89. The zero-order chi connectivity index (χ0) is 18.9. The number of hydrogen-bond acceptors (Lipinski definition) is 4. The molecule has 2 aliphatic heterocycles. The number of hydrogen-bond donors (Lipinski definition) is 1. The Kier molecular flexibility index (Phi) is 7.30. The van der Waals surface area contributed by atoms with Crippen LogP contribution in [0.3, 0.4) is 0 Å². The third-order valence-corrected chi connectivity index (χ3v) is 7.29. The van der Waals surface area contributed by atoms with Crippen LogP contribution in [0.15, 0.2) is 29.2 Å². The summed E-state index contributed by atoms with van der Waals surface area (Å²) in [5.41, 5.74) is 6.13. The fourth-order valence-corrected chi connectivity index (χ4v) is 5.86. The summed E-state index contributed by atoms with van der Waals surface area (Å²) in [6.07, 6.45) is 1.95. The number of rotatable bonds is 4. The third kappa shape index (κ3) is 4.83. The third-order valence-electron chi connectivity index (χ3n) is 5.46. The normalized spacial score (nSPS) is 26.6. The van der Waals surface area contributed by atoms with Crippen LogP contribution < -0.4 is 5.73 Å². The van der Waals surface area contributed by atoms with Crippen LogP contribution in [0.25, 0.3) is 0 Å². The van der Waals surface area contributed by atoms with Crippen LogP contribution in [-0.2, 0) is 10.0 Å². The average Bonchev–Trinajstić information content (AvgIpc) is 3.09. The zero-order valence-electron chi connectivity index (χ0n) is 16.0. The minimum Gasteiger partial charge on any atom is -0.338 e. The van der Waals surface area contributed by atoms with Crippen LogP contribution in [0.4, 0.5) is 0 Å². The van der Waals surface area contributed by atoms with Gasteiger partial charge in [0.1, 0.15) is 0 Å². The fourth-order valence-electron chi connectivity index (χ4n) is 4.13. The maximum absolute atomic E-state index is 13.1. The molecule has 1 aromatic carbocycles. The molecule has 3 rings (SSSR count). The van der Waals surface area contributed by atoms with Crippen LogP contribution in [0.1, 0.15) is 37.0 Å². The predicted octanol–water partition coefficient (Wildman–Crippen LogP) is 2.20. The van der Waals surface area contributed by atoms with Gasteiger partial charge in [-0.05, 0) is 55.3 Å². The van der Waals surface area contributed by atoms with Crippen LogP contribution in [0.2, 0.25) is 0 Å². The summed E-state index contributed by atoms with van der Waals surface area (Å²) >= 11 is 0. The molecular weight excluding hydrogens is 386 g/mol. The Bertz CT molecular complexity index is 761. The number of carbonyl (C=O) groups is 1. The molecule has 2 heterocycles. The first-order valence-corrected chi connectivity index (χ1v) is 10.8. The fraction of sp³-hybridized carbons (Fsp3) is 0.632. The van der Waals surface area contributed by atoms with Gasteiger partial charge in [-0.1, -0.05) is 19.9 Å². The van der Waals surface area contributed by atoms with E-state index in [0.717, 1.165) is 12.8 Å². The molecule has 2 N–H and O–H groups in total. The Labute approximate surface area is 168 Å². The van der Waals surface area contributed by atoms with E-state index in [-0.39, 0.29) is 23.2 Å². The molecular formula is C19H30ClN3O3S. The maximum Gasteiger partial charge on any atom is 0.253 e. The quantitative estimate of drug-likeness (QED) is 0.816. The molecule has 0 radical (unpaired) electrons. The second-order valence-corrected chi connectivity index (χ2v) is 9.88. The van der Waals surface area contributed by atoms with Crippen molar-refractivity contribution < 1.29 is 13.2 Å². The molecule has 1 aromatic rings. The lowest BCUT2D eigenvalue weighted by molar-refractivity contribution is 0.0787. The number of amides is 1. The molecule has 3 unspecified atom stereocenters. The highest BCUT2D eigenvalue weighted by atomic mass is 35.5. The number of sulfonamides is 1. The second-order valence-electron chi connectivity index (χ2n) is 7.94. The molecule has 2 aliphatic rings. The summed E-state index contributed by atoms with van der Waals surface area (Å²) in [7, 11) is -3.58. The van der Waals surface area contributed by atoms with Crippen LogP contribution in [-0.4, -0.2) is 56.3 Å². The van der Waals surface area contributed by atoms with Crippen molar-refractivity contribution in [1.82, 2.24) is 9.21 Å². The summed E-state index contributed by atoms with van der Waals surface area (Å²) < 4.78 is 27.7. The molecule has 27 heavy (non-hydrogen) atoms. The lowest BCUT2D eigenvalue weighted by Crippen LogP contribution is -2.42. The Balaban J connectivity index is 0.00000261. The Hall–Kier alpha value is -1.15. The summed E-state index contributed by atoms with van der Waals surface area (Å²) in [6, 6.07) is 6.46. The highest BCUT2D eigenvalue weighted by Crippen LogP contribution is 2.27. The second kappa shape index (κ2) is 8.90. The zero-order valence-corrected chi connectivity index (χ0v) is 17.6. The largest absolute Gasteiger partial charge is 0.338 e. The Morgan fingerprint density at radius 2 is 1.85 bits per heavy atom. The average molecular weight is 416 g/mol. The van der Waals surface area contributed by atoms with Gasteiger partial charge in [-0.2, -0.15) is 4.31 Å². The van der Waals surface area contributed by atoms with E-state index in [9.17, 15) is 13.2 Å². The minimum atomic E-state index is -3.58. The van der Waals surface area contributed by atoms with Gasteiger partial charge in [-0.25, -0.2) is 8.42 Å². The molecule has 0 aliphatic carbocycles. The van der Waals surface area contributed by atoms with Gasteiger partial charge in [0, 0.05) is 31.7 Å². The summed E-state index contributed by atoms with van der Waals surface area (Å²) in [5.74, 6) is 0.910. The molecule has 152 valence electrons. The molecule has 1 amide bonds. The molecule has 3 atom stereocenters. The molecule has 0 bridgehead atoms. The van der Waals surface area contributed by atoms with Crippen molar-refractivity contribution in [2.75, 3.05) is 32.7 Å². The van der Waals surface area contributed by atoms with Gasteiger partial charge in [-0.15, -0.1) is 12.4 Å². The van der Waals surface area contributed by atoms with E-state index in [0.29, 0.717) is 56.0 Å². The van der Waals surface area contributed by atoms with Crippen molar-refractivity contribution >= 4 is 28.3 Å². The van der Waals surface area contributed by atoms with Gasteiger partial charge in [0.25, 0.3) is 5.91 Å². The van der Waals surface area contributed by atoms with Crippen molar-refractivity contribution in [3.8, 4) is 0 Å². The number of likely N-dealkylation sites (tertiary alicyclic amines) is 1. The van der Waals surface area contributed by atoms with Gasteiger partial charge < -0.3 is 10.6 Å². The Morgan fingerprint density at radius 3 is 2.44 bits per heavy atom. The minimum absolute atomic E-state index is 0. The van der Waals surface area contributed by atoms with Gasteiger partial charge >= 0.3 is 0 Å². The van der Waals surface area contributed by atoms with Gasteiger partial charge in [0.2, 0.25) is 10.0 Å². The van der Waals surface area contributed by atoms with Crippen molar-refractivity contribution in [2.24, 2.45) is 23.5 Å². The SMILES string of the molecule is CC1CC(C)CN(S(=O)(=O)c2cccc(C(=O)N3CCC(CN)C3)c2)C1.Cl. The van der Waals surface area contributed by atoms with Crippen molar-refractivity contribution in [3.05, 3.63) is 29.8 Å². The number of halogens is 1. The van der Waals surface area contributed by atoms with E-state index in [2.05, 4.69) is 13.8 Å². The smallest absolute Gasteiger partial charge is 0.253 e. The first-order chi connectivity index (χ1) is 12.3. The number of carbonyl (C=O) groups excluding carboxylic acids is 1. The topological polar surface area (TPSA) is 83.7 Å². The molecule has 6 nitrogen and oxygen atoms in total. The summed E-state index contributed by atoms with van der Waals surface area (Å²) in [6.45, 7) is 7.14. The molecule has 0 aromatic heterocycles. The van der Waals surface area contributed by atoms with Crippen molar-refractivity contribution in [3.63, 3.8) is 0 Å². The van der Waals surface area contributed by atoms with E-state index in [1.165, 1.54) is 6.07 Å². The highest BCUT2D eigenvalue weighted by Gasteiger charge is 2.32. The maximum atomic E-state index is 13.1. The van der Waals surface area contributed by atoms with Crippen LogP contribution in [0.5, 0.6) is 0 Å². The summed E-state index contributed by atoms with van der Waals surface area (Å²) in [4.78, 5) is 14.7. The lowest BCUT2D eigenvalue weighted by atomic mass is 9.94. The first-order valence-electron chi connectivity index (χ1n) is 9.40. The van der Waals surface area contributed by atoms with Gasteiger partial charge in [-0.3, -0.25) is 4.79 Å². The van der Waals surface area contributed by atoms with Crippen molar-refractivity contribution in [2.45, 2.75) is 31.6 Å². The van der Waals surface area contributed by atoms with E-state index in [4.69, 9.17) is 5.73 Å². The van der Waals surface area contributed by atoms with E-state index >= 15 is 0 Å². The molecule has 0 saturated carbocycles. The van der Waals surface area contributed by atoms with Crippen LogP contribution >= 0.6 is 12.4 Å². The monoisotopic (exact) mass is 415 g/mol. The molecule has 8 heteroatoms. The molecule has 2 fully saturated rings. The van der Waals surface area contributed by atoms with E-state index in [1.54, 1.807) is 27.4 Å². The van der Waals surface area contributed by atoms with E-state index in [1.807, 2.05) is 0 Å². The van der Waals surface area contributed by atoms with Crippen molar-refractivity contribution in [1.29, 1.82) is 0 Å². The predicted molar refractivity (Wildman–Crippen MR) is 108 cm³/mol. The molecule has 2 saturated heterocycles. The van der Waals surface area contributed by atoms with E-state index < -0.39 is 10.0 Å². The number of benzene rings is 1. The number of piperidine rings is 1. The Morgan fingerprint density at radius 1 is 1.19 bits per heavy atom. The van der Waals surface area contributed by atoms with Gasteiger partial charge in [0.05, 0.1) is 4.90 Å². The van der Waals surface area contributed by atoms with Gasteiger partial charge in [0.15, 0.2) is 0 Å². The standard InChI is InChI=1S/C19H29N3O3S.ClH/c1-14-8-15(2)12-22(11-14)26(24,25)18-5-3-4-17(9-18)19(23)21-7-6-16(10-20)13-21;/h3-5,9,14-16H,6-8,10-13,20H2,1-2H3;1H. The van der Waals surface area contributed by atoms with Crippen LogP contribution in [0, 0.1) is 17.8 Å².